The van der Waals surface area contributed by atoms with Crippen molar-refractivity contribution in [3.8, 4) is 17.4 Å². The lowest BCUT2D eigenvalue weighted by molar-refractivity contribution is -0.112. The molecule has 0 bridgehead atoms. The summed E-state index contributed by atoms with van der Waals surface area (Å²) in [5.41, 5.74) is 2.42. The zero-order valence-electron chi connectivity index (χ0n) is 15.0. The Kier molecular flexibility index (Phi) is 5.38. The molecule has 28 heavy (non-hydrogen) atoms. The number of amides is 1. The second-order valence-electron chi connectivity index (χ2n) is 6.07. The molecule has 0 atom stereocenters. The average molecular weight is 372 g/mol. The van der Waals surface area contributed by atoms with Crippen LogP contribution < -0.4 is 5.32 Å². The monoisotopic (exact) mass is 372 g/mol. The molecule has 2 N–H and O–H groups in total. The van der Waals surface area contributed by atoms with Crippen molar-refractivity contribution in [1.82, 2.24) is 0 Å². The lowest BCUT2D eigenvalue weighted by atomic mass is 10.1. The normalized spacial score (nSPS) is 10.9. The summed E-state index contributed by atoms with van der Waals surface area (Å²) in [5, 5.41) is 20.9. The largest absolute Gasteiger partial charge is 0.478 e. The Bertz CT molecular complexity index is 1080. The number of aromatic carboxylic acids is 1. The first kappa shape index (κ1) is 18.7. The van der Waals surface area contributed by atoms with Crippen LogP contribution in [0.4, 0.5) is 5.69 Å². The first-order valence-corrected chi connectivity index (χ1v) is 8.39. The Morgan fingerprint density at radius 3 is 2.32 bits per heavy atom. The molecule has 0 saturated carbocycles. The van der Waals surface area contributed by atoms with E-state index >= 15 is 0 Å². The average Bonchev–Trinajstić information content (AvgIpc) is 3.16. The fraction of sp³-hybridized carbons (Fsp3) is 0.0455. The smallest absolute Gasteiger partial charge is 0.335 e. The minimum absolute atomic E-state index is 0.0947. The molecular weight excluding hydrogens is 356 g/mol. The number of aryl methyl sites for hydroxylation is 1. The molecule has 0 aliphatic rings. The highest BCUT2D eigenvalue weighted by molar-refractivity contribution is 6.09. The number of benzene rings is 2. The summed E-state index contributed by atoms with van der Waals surface area (Å²) in [5.74, 6) is -0.699. The number of nitrogens with zero attached hydrogens (tertiary/aromatic N) is 1. The first-order valence-electron chi connectivity index (χ1n) is 8.39. The Balaban J connectivity index is 1.78. The molecule has 0 unspecified atom stereocenters. The fourth-order valence-electron chi connectivity index (χ4n) is 2.49. The predicted octanol–water partition coefficient (Wildman–Crippen LogP) is 4.50. The van der Waals surface area contributed by atoms with Crippen LogP contribution in [0.5, 0.6) is 0 Å². The number of carboxylic acid groups (broad SMARTS) is 1. The van der Waals surface area contributed by atoms with E-state index in [4.69, 9.17) is 9.52 Å². The minimum Gasteiger partial charge on any atom is -0.478 e. The molecule has 0 spiro atoms. The number of nitriles is 1. The molecule has 0 aliphatic heterocycles. The SMILES string of the molecule is Cc1ccc(NC(=O)C(C#N)=Cc2ccc(-c3ccc(C(=O)O)cc3)o2)cc1. The van der Waals surface area contributed by atoms with Crippen LogP contribution >= 0.6 is 0 Å². The van der Waals surface area contributed by atoms with E-state index in [2.05, 4.69) is 5.32 Å². The number of hydrogen-bond donors (Lipinski definition) is 2. The van der Waals surface area contributed by atoms with Gasteiger partial charge in [-0.2, -0.15) is 5.26 Å². The fourth-order valence-corrected chi connectivity index (χ4v) is 2.49. The van der Waals surface area contributed by atoms with Crippen LogP contribution in [0.25, 0.3) is 17.4 Å². The molecule has 3 rings (SSSR count). The zero-order chi connectivity index (χ0) is 20.1. The third-order valence-corrected chi connectivity index (χ3v) is 4.00. The van der Waals surface area contributed by atoms with Crippen molar-refractivity contribution in [2.75, 3.05) is 5.32 Å². The third kappa shape index (κ3) is 4.34. The van der Waals surface area contributed by atoms with Crippen LogP contribution in [0.3, 0.4) is 0 Å². The summed E-state index contributed by atoms with van der Waals surface area (Å²) < 4.78 is 5.66. The van der Waals surface area contributed by atoms with Crippen LogP contribution in [0.2, 0.25) is 0 Å². The number of furan rings is 1. The summed E-state index contributed by atoms with van der Waals surface area (Å²) in [6.07, 6.45) is 1.36. The molecule has 0 fully saturated rings. The molecule has 0 saturated heterocycles. The Labute approximate surface area is 161 Å². The van der Waals surface area contributed by atoms with Crippen molar-refractivity contribution < 1.29 is 19.1 Å². The van der Waals surface area contributed by atoms with Crippen LogP contribution in [0.15, 0.2) is 70.7 Å². The minimum atomic E-state index is -1.01. The van der Waals surface area contributed by atoms with E-state index < -0.39 is 11.9 Å². The lowest BCUT2D eigenvalue weighted by Crippen LogP contribution is -2.13. The van der Waals surface area contributed by atoms with Gasteiger partial charge in [-0.15, -0.1) is 0 Å². The van der Waals surface area contributed by atoms with Gasteiger partial charge < -0.3 is 14.8 Å². The van der Waals surface area contributed by atoms with Crippen LogP contribution in [-0.2, 0) is 4.79 Å². The van der Waals surface area contributed by atoms with Gasteiger partial charge in [0.15, 0.2) is 0 Å². The van der Waals surface area contributed by atoms with Crippen molar-refractivity contribution >= 4 is 23.6 Å². The van der Waals surface area contributed by atoms with Gasteiger partial charge >= 0.3 is 5.97 Å². The number of nitrogens with one attached hydrogen (secondary N) is 1. The molecule has 1 amide bonds. The molecule has 3 aromatic rings. The van der Waals surface area contributed by atoms with E-state index in [-0.39, 0.29) is 11.1 Å². The summed E-state index contributed by atoms with van der Waals surface area (Å²) in [6, 6.07) is 18.7. The van der Waals surface area contributed by atoms with Gasteiger partial charge in [-0.3, -0.25) is 4.79 Å². The van der Waals surface area contributed by atoms with Gasteiger partial charge in [-0.25, -0.2) is 4.79 Å². The second-order valence-corrected chi connectivity index (χ2v) is 6.07. The van der Waals surface area contributed by atoms with Gasteiger partial charge in [0.25, 0.3) is 5.91 Å². The highest BCUT2D eigenvalue weighted by Crippen LogP contribution is 2.24. The first-order chi connectivity index (χ1) is 13.5. The van der Waals surface area contributed by atoms with Gasteiger partial charge in [0, 0.05) is 17.3 Å². The van der Waals surface area contributed by atoms with E-state index in [9.17, 15) is 14.9 Å². The molecule has 1 aromatic heterocycles. The molecule has 138 valence electrons. The Hall–Kier alpha value is -4.11. The van der Waals surface area contributed by atoms with Gasteiger partial charge in [0.05, 0.1) is 5.56 Å². The summed E-state index contributed by atoms with van der Waals surface area (Å²) in [7, 11) is 0. The molecule has 6 nitrogen and oxygen atoms in total. The maximum atomic E-state index is 12.3. The van der Waals surface area contributed by atoms with E-state index in [1.54, 1.807) is 36.4 Å². The van der Waals surface area contributed by atoms with Crippen molar-refractivity contribution in [3.63, 3.8) is 0 Å². The van der Waals surface area contributed by atoms with Crippen molar-refractivity contribution in [2.45, 2.75) is 6.92 Å². The van der Waals surface area contributed by atoms with Crippen LogP contribution in [0, 0.1) is 18.3 Å². The predicted molar refractivity (Wildman–Crippen MR) is 105 cm³/mol. The van der Waals surface area contributed by atoms with Crippen molar-refractivity contribution in [1.29, 1.82) is 5.26 Å². The number of anilines is 1. The molecule has 1 heterocycles. The summed E-state index contributed by atoms with van der Waals surface area (Å²) in [6.45, 7) is 1.94. The zero-order valence-corrected chi connectivity index (χ0v) is 15.0. The second kappa shape index (κ2) is 8.06. The molecule has 6 heteroatoms. The van der Waals surface area contributed by atoms with Crippen molar-refractivity contribution in [2.24, 2.45) is 0 Å². The number of carboxylic acids is 1. The van der Waals surface area contributed by atoms with E-state index in [0.29, 0.717) is 22.8 Å². The maximum Gasteiger partial charge on any atom is 0.335 e. The highest BCUT2D eigenvalue weighted by atomic mass is 16.4. The Morgan fingerprint density at radius 1 is 1.04 bits per heavy atom. The van der Waals surface area contributed by atoms with Gasteiger partial charge in [-0.1, -0.05) is 29.8 Å². The third-order valence-electron chi connectivity index (χ3n) is 4.00. The standard InChI is InChI=1S/C22H16N2O4/c1-14-2-8-18(9-3-14)24-21(25)17(13-23)12-19-10-11-20(28-19)15-4-6-16(7-5-15)22(26)27/h2-12H,1H3,(H,24,25)(H,26,27). The van der Waals surface area contributed by atoms with Gasteiger partial charge in [-0.05, 0) is 43.3 Å². The Morgan fingerprint density at radius 2 is 1.71 bits per heavy atom. The number of carbonyl (C=O) groups is 2. The van der Waals surface area contributed by atoms with E-state index in [0.717, 1.165) is 5.56 Å². The highest BCUT2D eigenvalue weighted by Gasteiger charge is 2.12. The topological polar surface area (TPSA) is 103 Å². The molecule has 0 aliphatic carbocycles. The van der Waals surface area contributed by atoms with Gasteiger partial charge in [0.2, 0.25) is 0 Å². The van der Waals surface area contributed by atoms with Crippen molar-refractivity contribution in [3.05, 3.63) is 83.1 Å². The number of rotatable bonds is 5. The lowest BCUT2D eigenvalue weighted by Gasteiger charge is -2.04. The summed E-state index contributed by atoms with van der Waals surface area (Å²) in [4.78, 5) is 23.2. The van der Waals surface area contributed by atoms with Crippen LogP contribution in [-0.4, -0.2) is 17.0 Å². The summed E-state index contributed by atoms with van der Waals surface area (Å²) >= 11 is 0. The van der Waals surface area contributed by atoms with Gasteiger partial charge in [0.1, 0.15) is 23.2 Å². The quantitative estimate of drug-likeness (QED) is 0.507. The van der Waals surface area contributed by atoms with E-state index in [1.807, 2.05) is 25.1 Å². The number of carbonyl (C=O) groups excluding carboxylic acids is 1. The van der Waals surface area contributed by atoms with E-state index in [1.165, 1.54) is 18.2 Å². The van der Waals surface area contributed by atoms with Crippen LogP contribution in [0.1, 0.15) is 21.7 Å². The maximum absolute atomic E-state index is 12.3. The molecular formula is C22H16N2O4. The molecule has 0 radical (unpaired) electrons. The molecule has 2 aromatic carbocycles. The number of hydrogen-bond acceptors (Lipinski definition) is 4.